The Kier molecular flexibility index (Phi) is 8.09. The van der Waals surface area contributed by atoms with Gasteiger partial charge in [0.05, 0.1) is 0 Å². The van der Waals surface area contributed by atoms with Crippen molar-refractivity contribution in [3.63, 3.8) is 0 Å². The molecule has 1 aliphatic heterocycles. The lowest BCUT2D eigenvalue weighted by Crippen LogP contribution is -2.66. The van der Waals surface area contributed by atoms with Crippen LogP contribution in [-0.2, 0) is 13.3 Å². The quantitative estimate of drug-likeness (QED) is 0.447. The van der Waals surface area contributed by atoms with E-state index in [4.69, 9.17) is 25.5 Å². The predicted octanol–water partition coefficient (Wildman–Crippen LogP) is 2.49. The molecule has 0 aromatic carbocycles. The smallest absolute Gasteiger partial charge is 0.374 e. The van der Waals surface area contributed by atoms with Gasteiger partial charge in [0.2, 0.25) is 0 Å². The van der Waals surface area contributed by atoms with E-state index in [2.05, 4.69) is 5.32 Å². The molecule has 0 bridgehead atoms. The SMILES string of the molecule is CCO[Si](CCCN1C(=S)NC(C)(C)CC1(C)O)(OCC)OCC. The van der Waals surface area contributed by atoms with Gasteiger partial charge >= 0.3 is 8.80 Å². The summed E-state index contributed by atoms with van der Waals surface area (Å²) in [5, 5.41) is 14.7. The molecule has 0 radical (unpaired) electrons. The minimum absolute atomic E-state index is 0.211. The van der Waals surface area contributed by atoms with Crippen LogP contribution in [0.2, 0.25) is 6.04 Å². The number of thiocarbonyl (C=S) groups is 1. The summed E-state index contributed by atoms with van der Waals surface area (Å²) >= 11 is 5.46. The standard InChI is InChI=1S/C16H34N2O4SSi/c1-7-20-24(21-8-2,22-9-3)12-10-11-18-14(23)17-15(4,5)13-16(18,6)19/h19H,7-13H2,1-6H3,(H,17,23). The number of rotatable bonds is 10. The summed E-state index contributed by atoms with van der Waals surface area (Å²) < 4.78 is 17.6. The summed E-state index contributed by atoms with van der Waals surface area (Å²) in [6, 6.07) is 0.709. The van der Waals surface area contributed by atoms with E-state index in [0.717, 1.165) is 6.42 Å². The van der Waals surface area contributed by atoms with Crippen molar-refractivity contribution in [3.8, 4) is 0 Å². The molecule has 0 amide bonds. The summed E-state index contributed by atoms with van der Waals surface area (Å²) in [6.07, 6.45) is 1.38. The molecular weight excluding hydrogens is 344 g/mol. The Labute approximate surface area is 153 Å². The summed E-state index contributed by atoms with van der Waals surface area (Å²) in [5.74, 6) is 0. The van der Waals surface area contributed by atoms with Crippen LogP contribution < -0.4 is 5.32 Å². The molecule has 0 aromatic rings. The molecule has 1 unspecified atom stereocenters. The molecule has 24 heavy (non-hydrogen) atoms. The van der Waals surface area contributed by atoms with E-state index in [1.165, 1.54) is 0 Å². The Balaban J connectivity index is 2.70. The Morgan fingerprint density at radius 2 is 1.62 bits per heavy atom. The summed E-state index contributed by atoms with van der Waals surface area (Å²) in [6.45, 7) is 14.1. The molecule has 1 aliphatic rings. The molecule has 1 heterocycles. The van der Waals surface area contributed by atoms with Crippen LogP contribution in [0, 0.1) is 0 Å². The van der Waals surface area contributed by atoms with Crippen LogP contribution in [0.15, 0.2) is 0 Å². The molecule has 8 heteroatoms. The second kappa shape index (κ2) is 8.91. The highest BCUT2D eigenvalue weighted by atomic mass is 32.1. The Morgan fingerprint density at radius 1 is 1.12 bits per heavy atom. The van der Waals surface area contributed by atoms with Gasteiger partial charge in [-0.15, -0.1) is 0 Å². The van der Waals surface area contributed by atoms with E-state index in [1.807, 2.05) is 46.4 Å². The zero-order valence-electron chi connectivity index (χ0n) is 16.0. The molecule has 0 spiro atoms. The highest BCUT2D eigenvalue weighted by Gasteiger charge is 2.44. The van der Waals surface area contributed by atoms with E-state index in [0.29, 0.717) is 43.9 Å². The van der Waals surface area contributed by atoms with Gasteiger partial charge in [-0.2, -0.15) is 0 Å². The minimum atomic E-state index is -2.65. The van der Waals surface area contributed by atoms with E-state index in [-0.39, 0.29) is 5.54 Å². The first-order valence-corrected chi connectivity index (χ1v) is 11.2. The largest absolute Gasteiger partial charge is 0.500 e. The van der Waals surface area contributed by atoms with Crippen LogP contribution in [-0.4, -0.2) is 61.6 Å². The Hall–Kier alpha value is -0.253. The van der Waals surface area contributed by atoms with Crippen LogP contribution in [0.3, 0.4) is 0 Å². The zero-order valence-corrected chi connectivity index (χ0v) is 17.8. The zero-order chi connectivity index (χ0) is 18.4. The molecule has 0 aromatic heterocycles. The summed E-state index contributed by atoms with van der Waals surface area (Å²) in [7, 11) is -2.65. The van der Waals surface area contributed by atoms with Crippen molar-refractivity contribution >= 4 is 26.1 Å². The third-order valence-electron chi connectivity index (χ3n) is 4.01. The molecule has 1 fully saturated rings. The molecule has 142 valence electrons. The number of hydrogen-bond acceptors (Lipinski definition) is 5. The maximum absolute atomic E-state index is 10.8. The van der Waals surface area contributed by atoms with Crippen LogP contribution in [0.25, 0.3) is 0 Å². The van der Waals surface area contributed by atoms with E-state index in [9.17, 15) is 5.11 Å². The van der Waals surface area contributed by atoms with Crippen molar-refractivity contribution in [2.75, 3.05) is 26.4 Å². The van der Waals surface area contributed by atoms with Gasteiger partial charge in [0, 0.05) is 44.4 Å². The van der Waals surface area contributed by atoms with Crippen LogP contribution in [0.4, 0.5) is 0 Å². The lowest BCUT2D eigenvalue weighted by Gasteiger charge is -2.50. The first kappa shape index (κ1) is 21.8. The van der Waals surface area contributed by atoms with Gasteiger partial charge in [-0.25, -0.2) is 0 Å². The molecular formula is C16H34N2O4SSi. The number of hydrogen-bond donors (Lipinski definition) is 2. The fraction of sp³-hybridized carbons (Fsp3) is 0.938. The molecule has 1 saturated heterocycles. The molecule has 0 aliphatic carbocycles. The summed E-state index contributed by atoms with van der Waals surface area (Å²) in [5.41, 5.74) is -1.17. The molecule has 0 saturated carbocycles. The van der Waals surface area contributed by atoms with Crippen molar-refractivity contribution < 1.29 is 18.4 Å². The predicted molar refractivity (Wildman–Crippen MR) is 102 cm³/mol. The van der Waals surface area contributed by atoms with Gasteiger partial charge in [0.15, 0.2) is 5.11 Å². The van der Waals surface area contributed by atoms with Gasteiger partial charge in [0.1, 0.15) is 5.72 Å². The fourth-order valence-electron chi connectivity index (χ4n) is 3.35. The summed E-state index contributed by atoms with van der Waals surface area (Å²) in [4.78, 5) is 1.86. The maximum Gasteiger partial charge on any atom is 0.500 e. The highest BCUT2D eigenvalue weighted by Crippen LogP contribution is 2.30. The number of nitrogens with one attached hydrogen (secondary N) is 1. The lowest BCUT2D eigenvalue weighted by atomic mass is 9.90. The first-order valence-electron chi connectivity index (χ1n) is 8.85. The second-order valence-electron chi connectivity index (χ2n) is 6.95. The normalized spacial score (nSPS) is 24.1. The highest BCUT2D eigenvalue weighted by molar-refractivity contribution is 7.80. The first-order chi connectivity index (χ1) is 11.1. The third kappa shape index (κ3) is 5.93. The van der Waals surface area contributed by atoms with E-state index in [1.54, 1.807) is 0 Å². The fourth-order valence-corrected chi connectivity index (χ4v) is 6.51. The lowest BCUT2D eigenvalue weighted by molar-refractivity contribution is -0.0884. The van der Waals surface area contributed by atoms with Gasteiger partial charge < -0.3 is 28.6 Å². The van der Waals surface area contributed by atoms with Gasteiger partial charge in [-0.1, -0.05) is 0 Å². The topological polar surface area (TPSA) is 63.2 Å². The van der Waals surface area contributed by atoms with Crippen molar-refractivity contribution in [2.24, 2.45) is 0 Å². The molecule has 6 nitrogen and oxygen atoms in total. The average Bonchev–Trinajstić information content (AvgIpc) is 2.41. The van der Waals surface area contributed by atoms with Gasteiger partial charge in [-0.05, 0) is 60.2 Å². The Morgan fingerprint density at radius 3 is 2.04 bits per heavy atom. The molecule has 1 atom stereocenters. The van der Waals surface area contributed by atoms with Gasteiger partial charge in [-0.3, -0.25) is 0 Å². The average molecular weight is 379 g/mol. The third-order valence-corrected chi connectivity index (χ3v) is 7.48. The Bertz CT molecular complexity index is 404. The van der Waals surface area contributed by atoms with Crippen LogP contribution >= 0.6 is 12.2 Å². The van der Waals surface area contributed by atoms with Crippen molar-refractivity contribution in [3.05, 3.63) is 0 Å². The van der Waals surface area contributed by atoms with Crippen LogP contribution in [0.1, 0.15) is 54.4 Å². The monoisotopic (exact) mass is 378 g/mol. The second-order valence-corrected chi connectivity index (χ2v) is 10.1. The molecule has 1 rings (SSSR count). The maximum atomic E-state index is 10.8. The minimum Gasteiger partial charge on any atom is -0.374 e. The number of aliphatic hydroxyl groups is 1. The number of nitrogens with zero attached hydrogens (tertiary/aromatic N) is 1. The van der Waals surface area contributed by atoms with Crippen molar-refractivity contribution in [1.82, 2.24) is 10.2 Å². The van der Waals surface area contributed by atoms with E-state index >= 15 is 0 Å². The molecule has 2 N–H and O–H groups in total. The van der Waals surface area contributed by atoms with E-state index < -0.39 is 14.5 Å². The van der Waals surface area contributed by atoms with Gasteiger partial charge in [0.25, 0.3) is 0 Å². The van der Waals surface area contributed by atoms with Crippen molar-refractivity contribution in [1.29, 1.82) is 0 Å². The van der Waals surface area contributed by atoms with Crippen LogP contribution in [0.5, 0.6) is 0 Å². The van der Waals surface area contributed by atoms with Crippen molar-refractivity contribution in [2.45, 2.75) is 71.7 Å².